The Morgan fingerprint density at radius 1 is 1.36 bits per heavy atom. The molecule has 2 aromatic rings. The van der Waals surface area contributed by atoms with Crippen LogP contribution in [-0.2, 0) is 12.3 Å². The predicted octanol–water partition coefficient (Wildman–Crippen LogP) is 4.86. The summed E-state index contributed by atoms with van der Waals surface area (Å²) in [5.41, 5.74) is 1.24. The summed E-state index contributed by atoms with van der Waals surface area (Å²) < 4.78 is 1.29. The van der Waals surface area contributed by atoms with Gasteiger partial charge in [0, 0.05) is 14.6 Å². The molecule has 0 aliphatic rings. The third-order valence-electron chi connectivity index (χ3n) is 2.27. The maximum Gasteiger partial charge on any atom is 0.0568 e. The van der Waals surface area contributed by atoms with Gasteiger partial charge in [-0.05, 0) is 29.5 Å². The van der Waals surface area contributed by atoms with E-state index in [2.05, 4.69) is 19.1 Å². The van der Waals surface area contributed by atoms with Gasteiger partial charge in [-0.1, -0.05) is 24.6 Å². The van der Waals surface area contributed by atoms with Crippen molar-refractivity contribution in [3.8, 4) is 0 Å². The van der Waals surface area contributed by atoms with Gasteiger partial charge in [0.25, 0.3) is 0 Å². The maximum atomic E-state index is 6.13. The van der Waals surface area contributed by atoms with E-state index < -0.39 is 0 Å². The molecule has 0 saturated carbocycles. The average molecular weight is 245 g/mol. The van der Waals surface area contributed by atoms with Crippen LogP contribution in [0.4, 0.5) is 0 Å². The molecule has 1 heterocycles. The summed E-state index contributed by atoms with van der Waals surface area (Å²) in [4.78, 5) is 1.21. The first kappa shape index (κ1) is 10.3. The molecule has 2 rings (SSSR count). The Kier molecular flexibility index (Phi) is 3.01. The molecule has 0 bridgehead atoms. The highest BCUT2D eigenvalue weighted by atomic mass is 35.5. The maximum absolute atomic E-state index is 6.13. The Labute approximate surface area is 97.5 Å². The zero-order chi connectivity index (χ0) is 10.1. The molecule has 0 amide bonds. The van der Waals surface area contributed by atoms with Crippen molar-refractivity contribution in [3.05, 3.63) is 33.7 Å². The SMILES string of the molecule is CCc1c(Cl)ccc2cc(CCl)sc12. The first-order valence-corrected chi connectivity index (χ1v) is 6.25. The van der Waals surface area contributed by atoms with Crippen molar-refractivity contribution in [2.75, 3.05) is 0 Å². The van der Waals surface area contributed by atoms with Crippen LogP contribution in [0.25, 0.3) is 10.1 Å². The third-order valence-corrected chi connectivity index (χ3v) is 4.28. The Hall–Kier alpha value is -0.240. The van der Waals surface area contributed by atoms with Gasteiger partial charge in [0.1, 0.15) is 0 Å². The molecule has 0 saturated heterocycles. The Bertz CT molecular complexity index is 460. The molecule has 0 nitrogen and oxygen atoms in total. The van der Waals surface area contributed by atoms with Crippen LogP contribution in [0.3, 0.4) is 0 Å². The summed E-state index contributed by atoms with van der Waals surface area (Å²) in [7, 11) is 0. The molecule has 0 fully saturated rings. The van der Waals surface area contributed by atoms with Crippen LogP contribution in [0.15, 0.2) is 18.2 Å². The van der Waals surface area contributed by atoms with E-state index >= 15 is 0 Å². The average Bonchev–Trinajstić information content (AvgIpc) is 2.60. The molecule has 14 heavy (non-hydrogen) atoms. The molecular formula is C11H10Cl2S. The molecule has 1 aromatic carbocycles. The highest BCUT2D eigenvalue weighted by molar-refractivity contribution is 7.19. The minimum atomic E-state index is 0.583. The van der Waals surface area contributed by atoms with Crippen molar-refractivity contribution >= 4 is 44.6 Å². The summed E-state index contributed by atoms with van der Waals surface area (Å²) in [5, 5.41) is 2.12. The monoisotopic (exact) mass is 244 g/mol. The third kappa shape index (κ3) is 1.65. The highest BCUT2D eigenvalue weighted by Gasteiger charge is 2.07. The molecule has 0 radical (unpaired) electrons. The van der Waals surface area contributed by atoms with E-state index in [-0.39, 0.29) is 0 Å². The topological polar surface area (TPSA) is 0 Å². The minimum Gasteiger partial charge on any atom is -0.139 e. The fourth-order valence-electron chi connectivity index (χ4n) is 1.59. The van der Waals surface area contributed by atoms with Gasteiger partial charge in [-0.25, -0.2) is 0 Å². The summed E-state index contributed by atoms with van der Waals surface area (Å²) in [6.45, 7) is 2.13. The van der Waals surface area contributed by atoms with Crippen molar-refractivity contribution in [1.82, 2.24) is 0 Å². The van der Waals surface area contributed by atoms with Crippen LogP contribution in [0.2, 0.25) is 5.02 Å². The van der Waals surface area contributed by atoms with Crippen molar-refractivity contribution < 1.29 is 0 Å². The summed E-state index contributed by atoms with van der Waals surface area (Å²) in [6.07, 6.45) is 0.971. The number of benzene rings is 1. The van der Waals surface area contributed by atoms with Crippen molar-refractivity contribution in [1.29, 1.82) is 0 Å². The zero-order valence-electron chi connectivity index (χ0n) is 7.81. The molecule has 3 heteroatoms. The largest absolute Gasteiger partial charge is 0.139 e. The van der Waals surface area contributed by atoms with E-state index in [0.717, 1.165) is 11.4 Å². The number of hydrogen-bond acceptors (Lipinski definition) is 1. The second kappa shape index (κ2) is 4.09. The van der Waals surface area contributed by atoms with Gasteiger partial charge in [-0.3, -0.25) is 0 Å². The molecular weight excluding hydrogens is 235 g/mol. The zero-order valence-corrected chi connectivity index (χ0v) is 10.1. The van der Waals surface area contributed by atoms with E-state index in [0.29, 0.717) is 5.88 Å². The van der Waals surface area contributed by atoms with Gasteiger partial charge in [0.05, 0.1) is 5.88 Å². The number of rotatable bonds is 2. The van der Waals surface area contributed by atoms with E-state index in [4.69, 9.17) is 23.2 Å². The Balaban J connectivity index is 2.73. The van der Waals surface area contributed by atoms with E-state index in [1.54, 1.807) is 11.3 Å². The van der Waals surface area contributed by atoms with Crippen LogP contribution in [0.5, 0.6) is 0 Å². The van der Waals surface area contributed by atoms with E-state index in [9.17, 15) is 0 Å². The van der Waals surface area contributed by atoms with Gasteiger partial charge >= 0.3 is 0 Å². The molecule has 0 unspecified atom stereocenters. The quantitative estimate of drug-likeness (QED) is 0.663. The Morgan fingerprint density at radius 3 is 2.79 bits per heavy atom. The minimum absolute atomic E-state index is 0.583. The second-order valence-electron chi connectivity index (χ2n) is 3.14. The van der Waals surface area contributed by atoms with Gasteiger partial charge in [0.15, 0.2) is 0 Å². The number of aryl methyl sites for hydroxylation is 1. The molecule has 74 valence electrons. The second-order valence-corrected chi connectivity index (χ2v) is 4.96. The smallest absolute Gasteiger partial charge is 0.0568 e. The number of fused-ring (bicyclic) bond motifs is 1. The van der Waals surface area contributed by atoms with Crippen molar-refractivity contribution in [3.63, 3.8) is 0 Å². The standard InChI is InChI=1S/C11H10Cl2S/c1-2-9-10(13)4-3-7-5-8(6-12)14-11(7)9/h3-5H,2,6H2,1H3. The first-order valence-electron chi connectivity index (χ1n) is 4.52. The van der Waals surface area contributed by atoms with Crippen LogP contribution in [0, 0.1) is 0 Å². The fraction of sp³-hybridized carbons (Fsp3) is 0.273. The molecule has 0 spiro atoms. The van der Waals surface area contributed by atoms with Crippen LogP contribution in [-0.4, -0.2) is 0 Å². The fourth-order valence-corrected chi connectivity index (χ4v) is 3.30. The van der Waals surface area contributed by atoms with E-state index in [1.165, 1.54) is 20.5 Å². The summed E-state index contributed by atoms with van der Waals surface area (Å²) >= 11 is 13.7. The van der Waals surface area contributed by atoms with Crippen molar-refractivity contribution in [2.24, 2.45) is 0 Å². The van der Waals surface area contributed by atoms with Crippen LogP contribution >= 0.6 is 34.5 Å². The van der Waals surface area contributed by atoms with Crippen LogP contribution < -0.4 is 0 Å². The Morgan fingerprint density at radius 2 is 2.14 bits per heavy atom. The van der Waals surface area contributed by atoms with Crippen molar-refractivity contribution in [2.45, 2.75) is 19.2 Å². The highest BCUT2D eigenvalue weighted by Crippen LogP contribution is 2.33. The van der Waals surface area contributed by atoms with Gasteiger partial charge in [-0.15, -0.1) is 22.9 Å². The first-order chi connectivity index (χ1) is 6.76. The van der Waals surface area contributed by atoms with Gasteiger partial charge < -0.3 is 0 Å². The lowest BCUT2D eigenvalue weighted by Crippen LogP contribution is -1.81. The van der Waals surface area contributed by atoms with Crippen LogP contribution in [0.1, 0.15) is 17.4 Å². The van der Waals surface area contributed by atoms with Gasteiger partial charge in [-0.2, -0.15) is 0 Å². The van der Waals surface area contributed by atoms with E-state index in [1.807, 2.05) is 6.07 Å². The number of hydrogen-bond donors (Lipinski definition) is 0. The molecule has 0 atom stereocenters. The number of thiophene rings is 1. The summed E-state index contributed by atoms with van der Waals surface area (Å²) in [6, 6.07) is 6.17. The molecule has 0 N–H and O–H groups in total. The lowest BCUT2D eigenvalue weighted by atomic mass is 10.1. The van der Waals surface area contributed by atoms with Gasteiger partial charge in [0.2, 0.25) is 0 Å². The lowest BCUT2D eigenvalue weighted by Gasteiger charge is -2.01. The molecule has 1 aromatic heterocycles. The predicted molar refractivity (Wildman–Crippen MR) is 65.8 cm³/mol. The number of halogens is 2. The number of alkyl halides is 1. The normalized spacial score (nSPS) is 11.1. The molecule has 0 aliphatic carbocycles. The summed E-state index contributed by atoms with van der Waals surface area (Å²) in [5.74, 6) is 0.583. The molecule has 0 aliphatic heterocycles. The lowest BCUT2D eigenvalue weighted by molar-refractivity contribution is 1.16.